The van der Waals surface area contributed by atoms with Crippen molar-refractivity contribution in [3.8, 4) is 23.0 Å². The van der Waals surface area contributed by atoms with E-state index in [1.807, 2.05) is 0 Å². The minimum atomic E-state index is -4.86. The van der Waals surface area contributed by atoms with Crippen molar-refractivity contribution in [2.75, 3.05) is 0 Å². The van der Waals surface area contributed by atoms with Gasteiger partial charge in [-0.3, -0.25) is 0 Å². The fourth-order valence-electron chi connectivity index (χ4n) is 3.73. The van der Waals surface area contributed by atoms with Gasteiger partial charge in [-0.2, -0.15) is 0 Å². The lowest BCUT2D eigenvalue weighted by atomic mass is 10.2. The van der Waals surface area contributed by atoms with Crippen LogP contribution < -0.4 is 14.2 Å². The molecule has 0 unspecified atom stereocenters. The van der Waals surface area contributed by atoms with Gasteiger partial charge in [-0.15, -0.1) is 13.2 Å². The van der Waals surface area contributed by atoms with Crippen LogP contribution in [0.5, 0.6) is 23.0 Å². The molecule has 0 aliphatic heterocycles. The Labute approximate surface area is 219 Å². The molecule has 1 aromatic heterocycles. The molecule has 1 N–H and O–H groups in total. The number of carboxylic acid groups (broad SMARTS) is 1. The number of fused-ring (bicyclic) bond motifs is 1. The van der Waals surface area contributed by atoms with Gasteiger partial charge >= 0.3 is 12.3 Å². The normalized spacial score (nSPS) is 12.4. The monoisotopic (exact) mass is 553 g/mol. The summed E-state index contributed by atoms with van der Waals surface area (Å²) in [6.07, 6.45) is -5.99. The van der Waals surface area contributed by atoms with Gasteiger partial charge in [0.2, 0.25) is 0 Å². The zero-order chi connectivity index (χ0) is 26.9. The van der Waals surface area contributed by atoms with Crippen LogP contribution >= 0.6 is 23.2 Å². The maximum atomic E-state index is 12.9. The second-order valence-corrected chi connectivity index (χ2v) is 8.99. The van der Waals surface area contributed by atoms with Crippen LogP contribution in [0.2, 0.25) is 10.0 Å². The van der Waals surface area contributed by atoms with Crippen molar-refractivity contribution in [1.29, 1.82) is 0 Å². The molecule has 3 aromatic carbocycles. The van der Waals surface area contributed by atoms with Gasteiger partial charge in [0.05, 0.1) is 16.2 Å². The molecule has 0 amide bonds. The third-order valence-corrected chi connectivity index (χ3v) is 6.06. The molecule has 0 fully saturated rings. The molecular weight excluding hydrogens is 534 g/mol. The summed E-state index contributed by atoms with van der Waals surface area (Å²) in [5.41, 5.74) is 1.72. The van der Waals surface area contributed by atoms with Crippen molar-refractivity contribution in [3.63, 3.8) is 0 Å². The molecule has 194 valence electrons. The fraction of sp³-hybridized carbons (Fsp3) is 0.192. The Bertz CT molecular complexity index is 1450. The lowest BCUT2D eigenvalue weighted by Crippen LogP contribution is -2.23. The topological polar surface area (TPSA) is 69.9 Å². The largest absolute Gasteiger partial charge is 0.573 e. The van der Waals surface area contributed by atoms with Crippen LogP contribution in [0.25, 0.3) is 10.9 Å². The van der Waals surface area contributed by atoms with Crippen LogP contribution in [-0.4, -0.2) is 28.1 Å². The number of halogens is 5. The van der Waals surface area contributed by atoms with Crippen molar-refractivity contribution < 1.29 is 37.3 Å². The maximum absolute atomic E-state index is 12.9. The molecule has 37 heavy (non-hydrogen) atoms. The number of aromatic nitrogens is 1. The zero-order valence-corrected chi connectivity index (χ0v) is 21.0. The molecule has 0 saturated heterocycles. The van der Waals surface area contributed by atoms with E-state index in [9.17, 15) is 18.0 Å². The Morgan fingerprint density at radius 3 is 2.35 bits per heavy atom. The highest BCUT2D eigenvalue weighted by atomic mass is 35.5. The van der Waals surface area contributed by atoms with Gasteiger partial charge < -0.3 is 23.9 Å². The van der Waals surface area contributed by atoms with E-state index in [1.165, 1.54) is 25.1 Å². The molecule has 6 nitrogen and oxygen atoms in total. The van der Waals surface area contributed by atoms with Gasteiger partial charge in [0.1, 0.15) is 17.2 Å². The average molecular weight is 554 g/mol. The summed E-state index contributed by atoms with van der Waals surface area (Å²) in [4.78, 5) is 11.2. The third-order valence-electron chi connectivity index (χ3n) is 5.49. The van der Waals surface area contributed by atoms with Gasteiger partial charge in [-0.1, -0.05) is 29.3 Å². The highest BCUT2D eigenvalue weighted by Crippen LogP contribution is 2.39. The highest BCUT2D eigenvalue weighted by molar-refractivity contribution is 6.32. The van der Waals surface area contributed by atoms with E-state index in [1.54, 1.807) is 54.0 Å². The first-order valence-corrected chi connectivity index (χ1v) is 11.7. The lowest BCUT2D eigenvalue weighted by Gasteiger charge is -2.15. The van der Waals surface area contributed by atoms with Crippen LogP contribution in [0.3, 0.4) is 0 Å². The van der Waals surface area contributed by atoms with Crippen LogP contribution in [0, 0.1) is 6.92 Å². The maximum Gasteiger partial charge on any atom is 0.573 e. The van der Waals surface area contributed by atoms with Gasteiger partial charge in [0, 0.05) is 23.0 Å². The molecule has 0 aliphatic carbocycles. The van der Waals surface area contributed by atoms with Gasteiger partial charge in [0.15, 0.2) is 11.9 Å². The number of rotatable bonds is 8. The number of nitrogens with zero attached hydrogens (tertiary/aromatic N) is 1. The van der Waals surface area contributed by atoms with Crippen LogP contribution in [-0.2, 0) is 11.3 Å². The first-order chi connectivity index (χ1) is 17.4. The molecule has 0 radical (unpaired) electrons. The summed E-state index contributed by atoms with van der Waals surface area (Å²) in [7, 11) is 0. The number of aliphatic carboxylic acids is 1. The number of alkyl halides is 3. The molecule has 11 heteroatoms. The number of benzene rings is 3. The Kier molecular flexibility index (Phi) is 7.47. The summed E-state index contributed by atoms with van der Waals surface area (Å²) >= 11 is 12.1. The molecule has 1 heterocycles. The van der Waals surface area contributed by atoms with E-state index < -0.39 is 18.4 Å². The summed E-state index contributed by atoms with van der Waals surface area (Å²) in [5, 5.41) is 10.5. The molecule has 4 aromatic rings. The molecule has 1 atom stereocenters. The summed E-state index contributed by atoms with van der Waals surface area (Å²) in [6, 6.07) is 15.5. The predicted octanol–water partition coefficient (Wildman–Crippen LogP) is 7.85. The van der Waals surface area contributed by atoms with Crippen molar-refractivity contribution in [1.82, 2.24) is 4.57 Å². The van der Waals surface area contributed by atoms with E-state index in [4.69, 9.17) is 37.8 Å². The van der Waals surface area contributed by atoms with Crippen molar-refractivity contribution in [2.45, 2.75) is 32.9 Å². The van der Waals surface area contributed by atoms with E-state index in [0.29, 0.717) is 38.7 Å². The summed E-state index contributed by atoms with van der Waals surface area (Å²) in [6.45, 7) is 3.34. The number of carbonyl (C=O) groups is 1. The number of ether oxygens (including phenoxy) is 3. The molecule has 4 rings (SSSR count). The van der Waals surface area contributed by atoms with E-state index in [-0.39, 0.29) is 23.1 Å². The van der Waals surface area contributed by atoms with E-state index in [0.717, 1.165) is 0 Å². The Balaban J connectivity index is 1.78. The highest BCUT2D eigenvalue weighted by Gasteiger charge is 2.31. The number of hydrogen-bond acceptors (Lipinski definition) is 4. The van der Waals surface area contributed by atoms with Gasteiger partial charge in [0.25, 0.3) is 0 Å². The third kappa shape index (κ3) is 6.23. The predicted molar refractivity (Wildman–Crippen MR) is 133 cm³/mol. The van der Waals surface area contributed by atoms with Gasteiger partial charge in [-0.25, -0.2) is 4.79 Å². The number of hydrogen-bond donors (Lipinski definition) is 1. The minimum Gasteiger partial charge on any atom is -0.479 e. The smallest absolute Gasteiger partial charge is 0.479 e. The fourth-order valence-corrected chi connectivity index (χ4v) is 4.02. The molecular formula is C26H20Cl2F3NO5. The molecule has 0 spiro atoms. The average Bonchev–Trinajstić information content (AvgIpc) is 3.06. The minimum absolute atomic E-state index is 0.168. The van der Waals surface area contributed by atoms with E-state index >= 15 is 0 Å². The SMILES string of the molecule is Cc1c(Oc2ccc(Cl)cc2)c2ccc(OC(F)(F)F)cc2n1Cc1ccc(Cl)c(O[C@@H](C)C(=O)O)c1. The quantitative estimate of drug-likeness (QED) is 0.240. The Morgan fingerprint density at radius 2 is 1.70 bits per heavy atom. The van der Waals surface area contributed by atoms with Crippen molar-refractivity contribution in [3.05, 3.63) is 82.0 Å². The van der Waals surface area contributed by atoms with Crippen LogP contribution in [0.15, 0.2) is 60.7 Å². The first kappa shape index (κ1) is 26.5. The second-order valence-electron chi connectivity index (χ2n) is 8.15. The number of carboxylic acids is 1. The van der Waals surface area contributed by atoms with E-state index in [2.05, 4.69) is 4.74 Å². The second kappa shape index (κ2) is 10.4. The lowest BCUT2D eigenvalue weighted by molar-refractivity contribution is -0.274. The zero-order valence-electron chi connectivity index (χ0n) is 19.5. The van der Waals surface area contributed by atoms with Crippen molar-refractivity contribution in [2.24, 2.45) is 0 Å². The molecule has 0 saturated carbocycles. The summed E-state index contributed by atoms with van der Waals surface area (Å²) < 4.78 is 56.2. The van der Waals surface area contributed by atoms with Gasteiger partial charge in [-0.05, 0) is 67.9 Å². The molecule has 0 aliphatic rings. The van der Waals surface area contributed by atoms with Crippen LogP contribution in [0.1, 0.15) is 18.2 Å². The molecule has 0 bridgehead atoms. The first-order valence-electron chi connectivity index (χ1n) is 10.9. The standard InChI is InChI=1S/C26H20Cl2F3NO5/c1-14-24(36-18-6-4-17(27)5-7-18)20-9-8-19(37-26(29,30)31)12-22(20)32(14)13-16-3-10-21(28)23(11-16)35-15(2)25(33)34/h3-12,15H,13H2,1-2H3,(H,33,34)/t15-/m0/s1. The van der Waals surface area contributed by atoms with Crippen molar-refractivity contribution >= 4 is 40.1 Å². The van der Waals surface area contributed by atoms with Crippen LogP contribution in [0.4, 0.5) is 13.2 Å². The summed E-state index contributed by atoms with van der Waals surface area (Å²) in [5.74, 6) is -0.433. The Hall–Kier alpha value is -3.56. The Morgan fingerprint density at radius 1 is 1.03 bits per heavy atom.